The quantitative estimate of drug-likeness (QED) is 0.773. The summed E-state index contributed by atoms with van der Waals surface area (Å²) in [5.74, 6) is -0.703. The van der Waals surface area contributed by atoms with E-state index in [9.17, 15) is 22.0 Å². The molecule has 2 aliphatic heterocycles. The Balaban J connectivity index is 1.81. The highest BCUT2D eigenvalue weighted by Gasteiger charge is 2.45. The van der Waals surface area contributed by atoms with Crippen LogP contribution in [0.5, 0.6) is 11.5 Å². The van der Waals surface area contributed by atoms with Gasteiger partial charge >= 0.3 is 6.29 Å². The van der Waals surface area contributed by atoms with Crippen molar-refractivity contribution in [2.45, 2.75) is 24.5 Å². The van der Waals surface area contributed by atoms with E-state index >= 15 is 0 Å². The summed E-state index contributed by atoms with van der Waals surface area (Å²) in [6.45, 7) is -0.157. The maximum Gasteiger partial charge on any atom is 0.586 e. The second-order valence-corrected chi connectivity index (χ2v) is 7.90. The molecule has 1 atom stereocenters. The van der Waals surface area contributed by atoms with Gasteiger partial charge in [-0.3, -0.25) is 4.79 Å². The fourth-order valence-electron chi connectivity index (χ4n) is 2.43. The zero-order valence-electron chi connectivity index (χ0n) is 11.0. The van der Waals surface area contributed by atoms with Crippen LogP contribution in [0.25, 0.3) is 0 Å². The lowest BCUT2D eigenvalue weighted by Gasteiger charge is -2.17. The Morgan fingerprint density at radius 2 is 2.09 bits per heavy atom. The number of carbonyl (C=O) groups excluding carboxylic acids is 1. The molecule has 2 heterocycles. The lowest BCUT2D eigenvalue weighted by atomic mass is 10.2. The number of fused-ring (bicyclic) bond motifs is 1. The van der Waals surface area contributed by atoms with Crippen molar-refractivity contribution in [2.75, 3.05) is 6.54 Å². The highest BCUT2D eigenvalue weighted by molar-refractivity contribution is 8.14. The monoisotopic (exact) mass is 353 g/mol. The second-order valence-electron chi connectivity index (χ2n) is 4.99. The summed E-state index contributed by atoms with van der Waals surface area (Å²) in [5.41, 5.74) is 0.302. The zero-order chi connectivity index (χ0) is 16.1. The summed E-state index contributed by atoms with van der Waals surface area (Å²) in [6.07, 6.45) is -3.98. The summed E-state index contributed by atoms with van der Waals surface area (Å²) in [6, 6.07) is 4.30. The molecule has 0 spiro atoms. The predicted octanol–water partition coefficient (Wildman–Crippen LogP) is 1.68. The molecule has 0 radical (unpaired) electrons. The maximum atomic E-state index is 13.1. The largest absolute Gasteiger partial charge is 0.586 e. The van der Waals surface area contributed by atoms with Crippen molar-refractivity contribution < 1.29 is 31.5 Å². The van der Waals surface area contributed by atoms with E-state index < -0.39 is 26.5 Å². The van der Waals surface area contributed by atoms with E-state index in [0.29, 0.717) is 5.56 Å². The van der Waals surface area contributed by atoms with Crippen LogP contribution in [-0.2, 0) is 20.4 Å². The number of rotatable bonds is 3. The Morgan fingerprint density at radius 3 is 2.73 bits per heavy atom. The number of carbonyl (C=O) groups is 1. The lowest BCUT2D eigenvalue weighted by molar-refractivity contribution is -0.287. The van der Waals surface area contributed by atoms with Gasteiger partial charge in [0.2, 0.25) is 15.0 Å². The van der Waals surface area contributed by atoms with Crippen LogP contribution in [-0.4, -0.2) is 37.3 Å². The van der Waals surface area contributed by atoms with Gasteiger partial charge < -0.3 is 14.4 Å². The number of alkyl halides is 2. The molecule has 3 rings (SSSR count). The molecule has 0 aliphatic carbocycles. The van der Waals surface area contributed by atoms with Gasteiger partial charge in [-0.1, -0.05) is 12.1 Å². The highest BCUT2D eigenvalue weighted by atomic mass is 35.7. The van der Waals surface area contributed by atoms with Crippen LogP contribution in [0.3, 0.4) is 0 Å². The Labute approximate surface area is 129 Å². The van der Waals surface area contributed by atoms with Gasteiger partial charge in [0, 0.05) is 35.8 Å². The number of halogens is 3. The van der Waals surface area contributed by atoms with Gasteiger partial charge in [-0.25, -0.2) is 8.42 Å². The minimum atomic E-state index is -3.86. The summed E-state index contributed by atoms with van der Waals surface area (Å²) >= 11 is 0. The molecular formula is C12H10ClF2NO5S. The first-order valence-corrected chi connectivity index (χ1v) is 8.62. The van der Waals surface area contributed by atoms with Crippen LogP contribution in [0.2, 0.25) is 0 Å². The van der Waals surface area contributed by atoms with Gasteiger partial charge in [0.05, 0.1) is 0 Å². The van der Waals surface area contributed by atoms with E-state index in [0.717, 1.165) is 0 Å². The lowest BCUT2D eigenvalue weighted by Crippen LogP contribution is -2.28. The minimum Gasteiger partial charge on any atom is -0.395 e. The summed E-state index contributed by atoms with van der Waals surface area (Å²) in [7, 11) is 1.40. The first-order valence-electron chi connectivity index (χ1n) is 6.25. The molecule has 120 valence electrons. The summed E-state index contributed by atoms with van der Waals surface area (Å²) in [4.78, 5) is 13.1. The van der Waals surface area contributed by atoms with Crippen molar-refractivity contribution in [2.24, 2.45) is 0 Å². The minimum absolute atomic E-state index is 0.0651. The molecule has 6 nitrogen and oxygen atoms in total. The van der Waals surface area contributed by atoms with E-state index in [2.05, 4.69) is 9.47 Å². The fraction of sp³-hybridized carbons (Fsp3) is 0.417. The second kappa shape index (κ2) is 4.95. The van der Waals surface area contributed by atoms with Crippen LogP contribution < -0.4 is 9.47 Å². The van der Waals surface area contributed by atoms with E-state index in [4.69, 9.17) is 10.7 Å². The van der Waals surface area contributed by atoms with Gasteiger partial charge in [0.1, 0.15) is 5.25 Å². The molecule has 0 aromatic heterocycles. The van der Waals surface area contributed by atoms with Crippen LogP contribution in [0.1, 0.15) is 12.0 Å². The van der Waals surface area contributed by atoms with Gasteiger partial charge in [0.15, 0.2) is 11.5 Å². The van der Waals surface area contributed by atoms with Crippen molar-refractivity contribution in [1.82, 2.24) is 4.90 Å². The number of amides is 1. The molecule has 1 unspecified atom stereocenters. The molecule has 1 aromatic rings. The highest BCUT2D eigenvalue weighted by Crippen LogP contribution is 2.43. The van der Waals surface area contributed by atoms with Crippen molar-refractivity contribution >= 4 is 25.6 Å². The molecule has 0 N–H and O–H groups in total. The third-order valence-corrected chi connectivity index (χ3v) is 5.32. The van der Waals surface area contributed by atoms with E-state index in [1.54, 1.807) is 0 Å². The average Bonchev–Trinajstić information content (AvgIpc) is 2.89. The standard InChI is InChI=1S/C12H10ClF2NO5S/c13-22(18,19)8-4-10(17)16(6-8)5-7-2-1-3-9-11(7)21-12(14,15)20-9/h1-3,8H,4-6H2. The SMILES string of the molecule is O=C1CC(S(=O)(=O)Cl)CN1Cc1cccc2c1OC(F)(F)O2. The van der Waals surface area contributed by atoms with E-state index in [1.165, 1.54) is 23.1 Å². The Kier molecular flexibility index (Phi) is 3.44. The number of benzene rings is 1. The predicted molar refractivity (Wildman–Crippen MR) is 71.2 cm³/mol. The topological polar surface area (TPSA) is 72.9 Å². The first kappa shape index (κ1) is 15.3. The third kappa shape index (κ3) is 2.82. The molecule has 1 saturated heterocycles. The van der Waals surface area contributed by atoms with Gasteiger partial charge in [0.25, 0.3) is 0 Å². The number of nitrogens with zero attached hydrogens (tertiary/aromatic N) is 1. The van der Waals surface area contributed by atoms with Gasteiger partial charge in [-0.15, -0.1) is 8.78 Å². The van der Waals surface area contributed by atoms with Crippen LogP contribution >= 0.6 is 10.7 Å². The zero-order valence-corrected chi connectivity index (χ0v) is 12.5. The molecule has 10 heteroatoms. The normalized spacial score (nSPS) is 23.1. The smallest absolute Gasteiger partial charge is 0.395 e. The fourth-order valence-corrected chi connectivity index (χ4v) is 3.49. The average molecular weight is 354 g/mol. The Bertz CT molecular complexity index is 739. The molecule has 22 heavy (non-hydrogen) atoms. The number of likely N-dealkylation sites (tertiary alicyclic amines) is 1. The molecule has 2 aliphatic rings. The van der Waals surface area contributed by atoms with E-state index in [1.807, 2.05) is 0 Å². The van der Waals surface area contributed by atoms with Crippen molar-refractivity contribution in [3.63, 3.8) is 0 Å². The summed E-state index contributed by atoms with van der Waals surface area (Å²) < 4.78 is 57.5. The summed E-state index contributed by atoms with van der Waals surface area (Å²) in [5, 5.41) is -1.00. The van der Waals surface area contributed by atoms with Crippen molar-refractivity contribution in [3.05, 3.63) is 23.8 Å². The molecule has 1 aromatic carbocycles. The van der Waals surface area contributed by atoms with Gasteiger partial charge in [-0.2, -0.15) is 0 Å². The number of hydrogen-bond donors (Lipinski definition) is 0. The molecule has 1 amide bonds. The molecular weight excluding hydrogens is 344 g/mol. The number of hydrogen-bond acceptors (Lipinski definition) is 5. The Morgan fingerprint density at radius 1 is 1.36 bits per heavy atom. The molecule has 0 saturated carbocycles. The Hall–Kier alpha value is -1.61. The maximum absolute atomic E-state index is 13.1. The van der Waals surface area contributed by atoms with Crippen molar-refractivity contribution in [1.29, 1.82) is 0 Å². The number of para-hydroxylation sites is 1. The van der Waals surface area contributed by atoms with Crippen LogP contribution in [0.15, 0.2) is 18.2 Å². The van der Waals surface area contributed by atoms with Gasteiger partial charge in [-0.05, 0) is 6.07 Å². The van der Waals surface area contributed by atoms with Crippen LogP contribution in [0, 0.1) is 0 Å². The molecule has 0 bridgehead atoms. The first-order chi connectivity index (χ1) is 10.2. The van der Waals surface area contributed by atoms with Crippen LogP contribution in [0.4, 0.5) is 8.78 Å². The van der Waals surface area contributed by atoms with E-state index in [-0.39, 0.29) is 31.0 Å². The van der Waals surface area contributed by atoms with Crippen molar-refractivity contribution in [3.8, 4) is 11.5 Å². The third-order valence-electron chi connectivity index (χ3n) is 3.45. The molecule has 1 fully saturated rings. The number of ether oxygens (including phenoxy) is 2.